The molecular weight excluding hydrogens is 757 g/mol. The number of nitrogens with two attached hydrogens (primary N) is 1. The summed E-state index contributed by atoms with van der Waals surface area (Å²) in [4.78, 5) is 46.0. The molecule has 0 saturated heterocycles. The third kappa shape index (κ3) is 41.0. The van der Waals surface area contributed by atoms with Crippen LogP contribution in [0.15, 0.2) is 12.2 Å². The van der Waals surface area contributed by atoms with E-state index >= 15 is 0 Å². The molecule has 4 N–H and O–H groups in total. The maximum Gasteiger partial charge on any atom is 0.472 e. The summed E-state index contributed by atoms with van der Waals surface area (Å²) in [6.45, 7) is 2.81. The first-order valence-corrected chi connectivity index (χ1v) is 25.2. The first-order valence-electron chi connectivity index (χ1n) is 23.7. The van der Waals surface area contributed by atoms with Crippen molar-refractivity contribution in [1.29, 1.82) is 0 Å². The van der Waals surface area contributed by atoms with Gasteiger partial charge in [-0.25, -0.2) is 4.57 Å². The van der Waals surface area contributed by atoms with Crippen molar-refractivity contribution in [3.05, 3.63) is 12.2 Å². The highest BCUT2D eigenvalue weighted by molar-refractivity contribution is 7.47. The molecule has 0 aromatic carbocycles. The number of unbranched alkanes of at least 4 members (excludes halogenated alkanes) is 29. The lowest BCUT2D eigenvalue weighted by Gasteiger charge is -2.20. The van der Waals surface area contributed by atoms with Gasteiger partial charge in [0.2, 0.25) is 0 Å². The summed E-state index contributed by atoms with van der Waals surface area (Å²) in [6.07, 6.45) is 42.8. The van der Waals surface area contributed by atoms with Crippen molar-refractivity contribution in [2.75, 3.05) is 19.8 Å². The number of aliphatic carboxylic acids is 1. The number of esters is 2. The lowest BCUT2D eigenvalue weighted by Crippen LogP contribution is -2.34. The van der Waals surface area contributed by atoms with Crippen LogP contribution in [0.1, 0.15) is 232 Å². The number of phosphoric ester groups is 1. The second kappa shape index (κ2) is 41.9. The quantitative estimate of drug-likeness (QED) is 0.0230. The van der Waals surface area contributed by atoms with Crippen LogP contribution in [-0.4, -0.2) is 59.9 Å². The topological polar surface area (TPSA) is 172 Å². The van der Waals surface area contributed by atoms with Crippen LogP contribution in [0.4, 0.5) is 0 Å². The first kappa shape index (κ1) is 56.2. The van der Waals surface area contributed by atoms with Gasteiger partial charge in [-0.05, 0) is 38.5 Å². The van der Waals surface area contributed by atoms with E-state index in [-0.39, 0.29) is 19.4 Å². The highest BCUT2D eigenvalue weighted by atomic mass is 31.2. The fourth-order valence-electron chi connectivity index (χ4n) is 6.77. The highest BCUT2D eigenvalue weighted by Crippen LogP contribution is 2.43. The van der Waals surface area contributed by atoms with Crippen molar-refractivity contribution in [3.63, 3.8) is 0 Å². The van der Waals surface area contributed by atoms with Crippen LogP contribution in [-0.2, 0) is 37.5 Å². The molecule has 58 heavy (non-hydrogen) atoms. The molecule has 1 unspecified atom stereocenters. The molecule has 0 aliphatic rings. The van der Waals surface area contributed by atoms with E-state index in [4.69, 9.17) is 24.8 Å². The molecule has 0 aliphatic carbocycles. The van der Waals surface area contributed by atoms with E-state index in [1.54, 1.807) is 0 Å². The maximum atomic E-state index is 12.7. The Bertz CT molecular complexity index is 1040. The van der Waals surface area contributed by atoms with E-state index in [9.17, 15) is 23.8 Å². The number of carbonyl (C=O) groups is 3. The third-order valence-corrected chi connectivity index (χ3v) is 11.5. The Labute approximate surface area is 354 Å². The molecule has 0 radical (unpaired) electrons. The molecule has 0 fully saturated rings. The largest absolute Gasteiger partial charge is 0.480 e. The first-order chi connectivity index (χ1) is 28.1. The number of hydrogen-bond acceptors (Lipinski definition) is 9. The zero-order chi connectivity index (χ0) is 42.8. The number of carboxylic acids is 1. The summed E-state index contributed by atoms with van der Waals surface area (Å²) in [5.41, 5.74) is 5.34. The second-order valence-electron chi connectivity index (χ2n) is 16.2. The van der Waals surface area contributed by atoms with E-state index in [2.05, 4.69) is 30.5 Å². The molecule has 0 aliphatic heterocycles. The Balaban J connectivity index is 4.23. The third-order valence-electron chi connectivity index (χ3n) is 10.5. The number of rotatable bonds is 45. The molecule has 0 aromatic rings. The Morgan fingerprint density at radius 1 is 0.517 bits per heavy atom. The second-order valence-corrected chi connectivity index (χ2v) is 17.7. The standard InChI is InChI=1S/C46H88NO10P/c1-3-5-7-9-11-13-15-17-18-19-20-21-22-23-24-26-28-30-32-34-36-38-45(49)57-42(40-55-58(52,53)56-41-43(47)46(50)51)39-54-44(48)37-35-33-31-29-27-25-16-14-12-10-8-6-4-2/h14,16,42-43H,3-13,15,17-41,47H2,1-2H3,(H,50,51)(H,52,53)/b16-14+/t42-,43-/m0/s1. The average molecular weight is 846 g/mol. The molecular formula is C46H88NO10P. The van der Waals surface area contributed by atoms with Gasteiger partial charge in [0.1, 0.15) is 12.6 Å². The molecule has 342 valence electrons. The highest BCUT2D eigenvalue weighted by Gasteiger charge is 2.28. The summed E-state index contributed by atoms with van der Waals surface area (Å²) in [5, 5.41) is 8.90. The van der Waals surface area contributed by atoms with Crippen LogP contribution < -0.4 is 5.73 Å². The van der Waals surface area contributed by atoms with Gasteiger partial charge in [-0.15, -0.1) is 0 Å². The number of hydrogen-bond donors (Lipinski definition) is 3. The Morgan fingerprint density at radius 3 is 1.28 bits per heavy atom. The van der Waals surface area contributed by atoms with Crippen LogP contribution in [0.5, 0.6) is 0 Å². The number of carboxylic acid groups (broad SMARTS) is 1. The van der Waals surface area contributed by atoms with E-state index in [1.807, 2.05) is 0 Å². The van der Waals surface area contributed by atoms with Gasteiger partial charge in [0.25, 0.3) is 0 Å². The van der Waals surface area contributed by atoms with Gasteiger partial charge in [-0.1, -0.05) is 193 Å². The number of allylic oxidation sites excluding steroid dienone is 2. The zero-order valence-corrected chi connectivity index (χ0v) is 38.1. The summed E-state index contributed by atoms with van der Waals surface area (Å²) in [7, 11) is -4.71. The van der Waals surface area contributed by atoms with Gasteiger partial charge in [0, 0.05) is 12.8 Å². The molecule has 0 spiro atoms. The average Bonchev–Trinajstić information content (AvgIpc) is 3.20. The predicted molar refractivity (Wildman–Crippen MR) is 236 cm³/mol. The predicted octanol–water partition coefficient (Wildman–Crippen LogP) is 12.8. The maximum absolute atomic E-state index is 12.7. The minimum Gasteiger partial charge on any atom is -0.480 e. The fourth-order valence-corrected chi connectivity index (χ4v) is 7.55. The summed E-state index contributed by atoms with van der Waals surface area (Å²) in [6, 6.07) is -1.52. The SMILES string of the molecule is CCCCCC/C=C/CCCCCCCC(=O)OC[C@@H](COP(=O)(O)OC[C@H](N)C(=O)O)OC(=O)CCCCCCCCCCCCCCCCCCCCCCC. The van der Waals surface area contributed by atoms with E-state index in [0.717, 1.165) is 57.8 Å². The Morgan fingerprint density at radius 2 is 0.862 bits per heavy atom. The monoisotopic (exact) mass is 846 g/mol. The smallest absolute Gasteiger partial charge is 0.472 e. The minimum atomic E-state index is -4.71. The van der Waals surface area contributed by atoms with Gasteiger partial charge in [-0.3, -0.25) is 23.4 Å². The lowest BCUT2D eigenvalue weighted by atomic mass is 10.0. The summed E-state index contributed by atoms with van der Waals surface area (Å²) in [5.74, 6) is -2.37. The molecule has 0 bridgehead atoms. The molecule has 11 nitrogen and oxygen atoms in total. The normalized spacial score (nSPS) is 13.7. The Kier molecular flexibility index (Phi) is 40.6. The van der Waals surface area contributed by atoms with E-state index < -0.39 is 51.1 Å². The van der Waals surface area contributed by atoms with Crippen LogP contribution in [0.3, 0.4) is 0 Å². The molecule has 0 amide bonds. The minimum absolute atomic E-state index is 0.166. The molecule has 0 aromatic heterocycles. The Hall–Kier alpha value is -1.78. The van der Waals surface area contributed by atoms with Gasteiger partial charge < -0.3 is 25.2 Å². The van der Waals surface area contributed by atoms with Gasteiger partial charge in [0.05, 0.1) is 13.2 Å². The van der Waals surface area contributed by atoms with Gasteiger partial charge >= 0.3 is 25.7 Å². The van der Waals surface area contributed by atoms with Crippen molar-refractivity contribution < 1.29 is 47.5 Å². The van der Waals surface area contributed by atoms with Crippen molar-refractivity contribution >= 4 is 25.7 Å². The number of phosphoric acid groups is 1. The van der Waals surface area contributed by atoms with Crippen LogP contribution >= 0.6 is 7.82 Å². The summed E-state index contributed by atoms with van der Waals surface area (Å²) >= 11 is 0. The zero-order valence-electron chi connectivity index (χ0n) is 37.2. The van der Waals surface area contributed by atoms with E-state index in [0.29, 0.717) is 12.8 Å². The van der Waals surface area contributed by atoms with Crippen molar-refractivity contribution in [2.45, 2.75) is 244 Å². The van der Waals surface area contributed by atoms with E-state index in [1.165, 1.54) is 135 Å². The lowest BCUT2D eigenvalue weighted by molar-refractivity contribution is -0.161. The molecule has 0 saturated carbocycles. The van der Waals surface area contributed by atoms with Crippen LogP contribution in [0, 0.1) is 0 Å². The van der Waals surface area contributed by atoms with Crippen molar-refractivity contribution in [3.8, 4) is 0 Å². The van der Waals surface area contributed by atoms with Crippen molar-refractivity contribution in [2.24, 2.45) is 5.73 Å². The fraction of sp³-hybridized carbons (Fsp3) is 0.891. The van der Waals surface area contributed by atoms with Gasteiger partial charge in [-0.2, -0.15) is 0 Å². The number of ether oxygens (including phenoxy) is 2. The molecule has 3 atom stereocenters. The van der Waals surface area contributed by atoms with Crippen molar-refractivity contribution in [1.82, 2.24) is 0 Å². The molecule has 0 rings (SSSR count). The molecule has 0 heterocycles. The van der Waals surface area contributed by atoms with Crippen LogP contribution in [0.2, 0.25) is 0 Å². The number of carbonyl (C=O) groups excluding carboxylic acids is 2. The molecule has 12 heteroatoms. The van der Waals surface area contributed by atoms with Gasteiger partial charge in [0.15, 0.2) is 6.10 Å². The summed E-state index contributed by atoms with van der Waals surface area (Å²) < 4.78 is 32.7. The van der Waals surface area contributed by atoms with Crippen LogP contribution in [0.25, 0.3) is 0 Å².